The van der Waals surface area contributed by atoms with Crippen LogP contribution in [0, 0.1) is 11.7 Å². The molecule has 1 heterocycles. The minimum Gasteiger partial charge on any atom is -0.354 e. The number of amides is 2. The number of nitrogens with zero attached hydrogens (tertiary/aromatic N) is 2. The van der Waals surface area contributed by atoms with Gasteiger partial charge in [0.25, 0.3) is 0 Å². The second kappa shape index (κ2) is 6.67. The van der Waals surface area contributed by atoms with Gasteiger partial charge in [0.05, 0.1) is 0 Å². The number of nitrogens with one attached hydrogen (secondary N) is 1. The molecule has 1 atom stereocenters. The third-order valence-corrected chi connectivity index (χ3v) is 3.52. The van der Waals surface area contributed by atoms with Crippen LogP contribution >= 0.6 is 0 Å². The van der Waals surface area contributed by atoms with Gasteiger partial charge in [-0.2, -0.15) is 0 Å². The molecule has 5 nitrogen and oxygen atoms in total. The van der Waals surface area contributed by atoms with E-state index in [9.17, 15) is 14.0 Å². The van der Waals surface area contributed by atoms with Crippen molar-refractivity contribution in [2.24, 2.45) is 5.92 Å². The third kappa shape index (κ3) is 3.78. The Bertz CT molecular complexity index is 516. The zero-order valence-electron chi connectivity index (χ0n) is 12.3. The van der Waals surface area contributed by atoms with Crippen LogP contribution in [-0.4, -0.2) is 50.4 Å². The first kappa shape index (κ1) is 15.4. The summed E-state index contributed by atoms with van der Waals surface area (Å²) in [6.07, 6.45) is 0.490. The number of carbonyl (C=O) groups excluding carboxylic acids is 2. The molecule has 1 aliphatic heterocycles. The number of benzene rings is 1. The summed E-state index contributed by atoms with van der Waals surface area (Å²) in [5, 5.41) is 2.78. The lowest BCUT2D eigenvalue weighted by Crippen LogP contribution is -2.39. The topological polar surface area (TPSA) is 52.7 Å². The largest absolute Gasteiger partial charge is 0.354 e. The summed E-state index contributed by atoms with van der Waals surface area (Å²) in [5.74, 6) is -1.43. The highest BCUT2D eigenvalue weighted by atomic mass is 19.1. The number of anilines is 1. The highest BCUT2D eigenvalue weighted by Gasteiger charge is 2.37. The van der Waals surface area contributed by atoms with Crippen LogP contribution in [0.15, 0.2) is 24.3 Å². The van der Waals surface area contributed by atoms with Crippen molar-refractivity contribution in [3.63, 3.8) is 0 Å². The molecular weight excluding hydrogens is 273 g/mol. The minimum absolute atomic E-state index is 0.219. The molecular formula is C15H20FN3O2. The Labute approximate surface area is 123 Å². The van der Waals surface area contributed by atoms with Crippen LogP contribution in [0.5, 0.6) is 0 Å². The molecule has 0 bridgehead atoms. The first-order chi connectivity index (χ1) is 9.99. The summed E-state index contributed by atoms with van der Waals surface area (Å²) in [6, 6.07) is 5.74. The molecule has 1 fully saturated rings. The molecule has 0 radical (unpaired) electrons. The molecule has 1 aromatic rings. The quantitative estimate of drug-likeness (QED) is 0.819. The van der Waals surface area contributed by atoms with Crippen molar-refractivity contribution in [1.29, 1.82) is 0 Å². The van der Waals surface area contributed by atoms with E-state index in [1.807, 2.05) is 19.0 Å². The molecule has 0 spiro atoms. The monoisotopic (exact) mass is 293 g/mol. The Morgan fingerprint density at radius 2 is 2.05 bits per heavy atom. The summed E-state index contributed by atoms with van der Waals surface area (Å²) in [4.78, 5) is 27.8. The molecule has 1 aliphatic rings. The van der Waals surface area contributed by atoms with Crippen molar-refractivity contribution in [1.82, 2.24) is 10.2 Å². The van der Waals surface area contributed by atoms with Crippen LogP contribution in [-0.2, 0) is 9.59 Å². The average molecular weight is 293 g/mol. The lowest BCUT2D eigenvalue weighted by Gasteiger charge is -2.17. The van der Waals surface area contributed by atoms with Gasteiger partial charge in [-0.25, -0.2) is 4.39 Å². The SMILES string of the molecule is CN(C)CCNC(=O)[C@H]1CCN(c2ccc(F)cc2)C1=O. The second-order valence-electron chi connectivity index (χ2n) is 5.40. The number of halogens is 1. The Kier molecular flexibility index (Phi) is 4.90. The molecule has 0 aliphatic carbocycles. The highest BCUT2D eigenvalue weighted by molar-refractivity contribution is 6.09. The van der Waals surface area contributed by atoms with E-state index in [2.05, 4.69) is 5.32 Å². The van der Waals surface area contributed by atoms with Crippen LogP contribution in [0.25, 0.3) is 0 Å². The van der Waals surface area contributed by atoms with Crippen molar-refractivity contribution >= 4 is 17.5 Å². The molecule has 1 N–H and O–H groups in total. The first-order valence-electron chi connectivity index (χ1n) is 6.98. The second-order valence-corrected chi connectivity index (χ2v) is 5.40. The Hall–Kier alpha value is -1.95. The van der Waals surface area contributed by atoms with Gasteiger partial charge in [0, 0.05) is 25.3 Å². The van der Waals surface area contributed by atoms with E-state index in [0.29, 0.717) is 25.2 Å². The maximum absolute atomic E-state index is 12.9. The lowest BCUT2D eigenvalue weighted by atomic mass is 10.1. The zero-order valence-corrected chi connectivity index (χ0v) is 12.3. The molecule has 21 heavy (non-hydrogen) atoms. The van der Waals surface area contributed by atoms with E-state index in [4.69, 9.17) is 0 Å². The van der Waals surface area contributed by atoms with Crippen molar-refractivity contribution in [2.75, 3.05) is 38.6 Å². The van der Waals surface area contributed by atoms with Crippen LogP contribution < -0.4 is 10.2 Å². The fourth-order valence-electron chi connectivity index (χ4n) is 2.33. The van der Waals surface area contributed by atoms with Gasteiger partial charge in [-0.1, -0.05) is 0 Å². The van der Waals surface area contributed by atoms with E-state index >= 15 is 0 Å². The summed E-state index contributed by atoms with van der Waals surface area (Å²) < 4.78 is 12.9. The van der Waals surface area contributed by atoms with E-state index in [1.54, 1.807) is 12.1 Å². The molecule has 1 aromatic carbocycles. The number of likely N-dealkylation sites (N-methyl/N-ethyl adjacent to an activating group) is 1. The fourth-order valence-corrected chi connectivity index (χ4v) is 2.33. The van der Waals surface area contributed by atoms with Crippen molar-refractivity contribution < 1.29 is 14.0 Å². The summed E-state index contributed by atoms with van der Waals surface area (Å²) >= 11 is 0. The number of rotatable bonds is 5. The van der Waals surface area contributed by atoms with Gasteiger partial charge in [0.1, 0.15) is 11.7 Å². The van der Waals surface area contributed by atoms with E-state index in [1.165, 1.54) is 17.0 Å². The Balaban J connectivity index is 1.94. The minimum atomic E-state index is -0.641. The molecule has 6 heteroatoms. The van der Waals surface area contributed by atoms with Gasteiger partial charge >= 0.3 is 0 Å². The fraction of sp³-hybridized carbons (Fsp3) is 0.467. The predicted octanol–water partition coefficient (Wildman–Crippen LogP) is 0.856. The normalized spacial score (nSPS) is 18.4. The lowest BCUT2D eigenvalue weighted by molar-refractivity contribution is -0.132. The molecule has 0 saturated carbocycles. The van der Waals surface area contributed by atoms with Gasteiger partial charge in [-0.15, -0.1) is 0 Å². The Morgan fingerprint density at radius 3 is 2.67 bits per heavy atom. The van der Waals surface area contributed by atoms with E-state index in [-0.39, 0.29) is 17.6 Å². The Morgan fingerprint density at radius 1 is 1.38 bits per heavy atom. The van der Waals surface area contributed by atoms with Gasteiger partial charge in [0.2, 0.25) is 11.8 Å². The van der Waals surface area contributed by atoms with Crippen LogP contribution in [0.2, 0.25) is 0 Å². The van der Waals surface area contributed by atoms with E-state index in [0.717, 1.165) is 6.54 Å². The van der Waals surface area contributed by atoms with Gasteiger partial charge in [0.15, 0.2) is 0 Å². The van der Waals surface area contributed by atoms with Crippen molar-refractivity contribution in [3.8, 4) is 0 Å². The maximum atomic E-state index is 12.9. The highest BCUT2D eigenvalue weighted by Crippen LogP contribution is 2.25. The third-order valence-electron chi connectivity index (χ3n) is 3.52. The van der Waals surface area contributed by atoms with Crippen LogP contribution in [0.3, 0.4) is 0 Å². The summed E-state index contributed by atoms with van der Waals surface area (Å²) in [7, 11) is 3.84. The van der Waals surface area contributed by atoms with Gasteiger partial charge in [-0.3, -0.25) is 9.59 Å². The van der Waals surface area contributed by atoms with Gasteiger partial charge < -0.3 is 15.1 Å². The van der Waals surface area contributed by atoms with Gasteiger partial charge in [-0.05, 0) is 44.8 Å². The number of carbonyl (C=O) groups is 2. The number of hydrogen-bond donors (Lipinski definition) is 1. The average Bonchev–Trinajstić information content (AvgIpc) is 2.81. The molecule has 0 aromatic heterocycles. The van der Waals surface area contributed by atoms with Crippen LogP contribution in [0.4, 0.5) is 10.1 Å². The van der Waals surface area contributed by atoms with Crippen molar-refractivity contribution in [3.05, 3.63) is 30.1 Å². The summed E-state index contributed by atoms with van der Waals surface area (Å²) in [6.45, 7) is 1.73. The van der Waals surface area contributed by atoms with Crippen LogP contribution in [0.1, 0.15) is 6.42 Å². The molecule has 114 valence electrons. The molecule has 2 rings (SSSR count). The zero-order chi connectivity index (χ0) is 15.4. The first-order valence-corrected chi connectivity index (χ1v) is 6.98. The molecule has 1 saturated heterocycles. The number of hydrogen-bond acceptors (Lipinski definition) is 3. The smallest absolute Gasteiger partial charge is 0.239 e. The predicted molar refractivity (Wildman–Crippen MR) is 78.4 cm³/mol. The van der Waals surface area contributed by atoms with E-state index < -0.39 is 5.92 Å². The molecule has 0 unspecified atom stereocenters. The summed E-state index contributed by atoms with van der Waals surface area (Å²) in [5.41, 5.74) is 0.630. The van der Waals surface area contributed by atoms with Crippen molar-refractivity contribution in [2.45, 2.75) is 6.42 Å². The maximum Gasteiger partial charge on any atom is 0.239 e. The standard InChI is InChI=1S/C15H20FN3O2/c1-18(2)10-8-17-14(20)13-7-9-19(15(13)21)12-5-3-11(16)4-6-12/h3-6,13H,7-10H2,1-2H3,(H,17,20)/t13-/m1/s1. The molecule has 2 amide bonds.